The third-order valence-electron chi connectivity index (χ3n) is 10.5. The van der Waals surface area contributed by atoms with E-state index in [0.29, 0.717) is 22.7 Å². The van der Waals surface area contributed by atoms with Gasteiger partial charge in [-0.2, -0.15) is 0 Å². The summed E-state index contributed by atoms with van der Waals surface area (Å²) in [5.74, 6) is 3.51. The molecule has 0 bridgehead atoms. The van der Waals surface area contributed by atoms with E-state index in [2.05, 4.69) is 47.8 Å². The molecule has 168 valence electrons. The molecule has 7 atom stereocenters. The molecule has 0 aromatic heterocycles. The molecule has 4 aliphatic carbocycles. The number of allylic oxidation sites excluding steroid dienone is 3. The molecule has 1 unspecified atom stereocenters. The minimum atomic E-state index is -0.261. The van der Waals surface area contributed by atoms with Gasteiger partial charge in [0.2, 0.25) is 0 Å². The molecule has 1 heteroatoms. The van der Waals surface area contributed by atoms with Crippen LogP contribution >= 0.6 is 0 Å². The predicted octanol–water partition coefficient (Wildman–Crippen LogP) is 7.87. The van der Waals surface area contributed by atoms with Gasteiger partial charge in [0, 0.05) is 0 Å². The predicted molar refractivity (Wildman–Crippen MR) is 128 cm³/mol. The summed E-state index contributed by atoms with van der Waals surface area (Å²) in [6, 6.07) is 0. The van der Waals surface area contributed by atoms with Gasteiger partial charge in [-0.25, -0.2) is 0 Å². The molecule has 30 heavy (non-hydrogen) atoms. The summed E-state index contributed by atoms with van der Waals surface area (Å²) in [5, 5.41) is 10.4. The van der Waals surface area contributed by atoms with Crippen molar-refractivity contribution in [1.29, 1.82) is 0 Å². The number of aliphatic hydroxyl groups excluding tert-OH is 1. The van der Waals surface area contributed by atoms with Crippen molar-refractivity contribution in [3.8, 4) is 0 Å². The van der Waals surface area contributed by atoms with E-state index < -0.39 is 0 Å². The molecule has 1 N–H and O–H groups in total. The lowest BCUT2D eigenvalue weighted by molar-refractivity contribution is 0.00295. The second-order valence-electron chi connectivity index (χ2n) is 12.2. The second kappa shape index (κ2) is 7.95. The number of fused-ring (bicyclic) bond motifs is 4. The molecule has 3 fully saturated rings. The van der Waals surface area contributed by atoms with Crippen molar-refractivity contribution in [3.63, 3.8) is 0 Å². The smallest absolute Gasteiger partial charge is 0.0750 e. The quantitative estimate of drug-likeness (QED) is 0.457. The van der Waals surface area contributed by atoms with E-state index in [1.807, 2.05) is 11.1 Å². The Hall–Kier alpha value is -0.820. The van der Waals surface area contributed by atoms with Crippen molar-refractivity contribution < 1.29 is 5.11 Å². The van der Waals surface area contributed by atoms with Crippen LogP contribution in [0.25, 0.3) is 0 Å². The van der Waals surface area contributed by atoms with Crippen LogP contribution in [0.2, 0.25) is 0 Å². The van der Waals surface area contributed by atoms with Gasteiger partial charge < -0.3 is 5.11 Å². The highest BCUT2D eigenvalue weighted by Gasteiger charge is 2.56. The Morgan fingerprint density at radius 1 is 1.03 bits per heavy atom. The Morgan fingerprint density at radius 2 is 1.77 bits per heavy atom. The van der Waals surface area contributed by atoms with E-state index in [0.717, 1.165) is 29.7 Å². The Morgan fingerprint density at radius 3 is 2.47 bits per heavy atom. The van der Waals surface area contributed by atoms with Gasteiger partial charge >= 0.3 is 0 Å². The Kier molecular flexibility index (Phi) is 5.93. The Bertz CT molecular complexity index is 741. The third kappa shape index (κ3) is 3.39. The number of hydrogen-bond donors (Lipinski definition) is 1. The number of aliphatic hydroxyl groups is 1. The van der Waals surface area contributed by atoms with Crippen LogP contribution < -0.4 is 0 Å². The van der Waals surface area contributed by atoms with Crippen molar-refractivity contribution in [3.05, 3.63) is 35.5 Å². The van der Waals surface area contributed by atoms with Gasteiger partial charge in [0.15, 0.2) is 0 Å². The zero-order valence-electron chi connectivity index (χ0n) is 20.4. The largest absolute Gasteiger partial charge is 0.389 e. The van der Waals surface area contributed by atoms with Gasteiger partial charge in [0.05, 0.1) is 6.10 Å². The van der Waals surface area contributed by atoms with Crippen molar-refractivity contribution in [2.24, 2.45) is 40.4 Å². The average molecular weight is 411 g/mol. The highest BCUT2D eigenvalue weighted by atomic mass is 16.3. The number of rotatable bonds is 5. The summed E-state index contributed by atoms with van der Waals surface area (Å²) in [5.41, 5.74) is 7.06. The SMILES string of the molecule is C=C(CC[C@@H](C)[C@H]1CCC2=C3CCC4C(=C)[C@@H](O)CC[C@]4(C)[C@H]3CC[C@@]21C)C(C)C. The minimum absolute atomic E-state index is 0.261. The maximum Gasteiger partial charge on any atom is 0.0750 e. The third-order valence-corrected chi connectivity index (χ3v) is 10.5. The lowest BCUT2D eigenvalue weighted by Crippen LogP contribution is -2.49. The summed E-state index contributed by atoms with van der Waals surface area (Å²) in [7, 11) is 0. The van der Waals surface area contributed by atoms with Crippen molar-refractivity contribution in [2.75, 3.05) is 0 Å². The van der Waals surface area contributed by atoms with Gasteiger partial charge in [-0.1, -0.05) is 64.5 Å². The second-order valence-corrected chi connectivity index (χ2v) is 12.2. The molecular formula is C29H46O. The molecule has 4 rings (SSSR count). The Labute approximate surface area is 186 Å². The standard InChI is InChI=1S/C29H46O/c1-18(2)19(3)8-9-20(4)23-12-13-25-22-10-11-24-21(5)27(30)15-17-29(24,7)26(22)14-16-28(23,25)6/h18,20,23-24,26-27,30H,3,5,8-17H2,1-2,4,6-7H3/t20-,23-,24?,26+,27+,28-,29+/m1/s1. The van der Waals surface area contributed by atoms with E-state index in [-0.39, 0.29) is 6.10 Å². The molecule has 0 saturated heterocycles. The molecular weight excluding hydrogens is 364 g/mol. The Balaban J connectivity index is 1.56. The lowest BCUT2D eigenvalue weighted by atomic mass is 9.48. The van der Waals surface area contributed by atoms with Crippen LogP contribution in [0.3, 0.4) is 0 Å². The van der Waals surface area contributed by atoms with E-state index >= 15 is 0 Å². The van der Waals surface area contributed by atoms with Gasteiger partial charge in [-0.15, -0.1) is 0 Å². The van der Waals surface area contributed by atoms with Crippen LogP contribution in [0.1, 0.15) is 98.8 Å². The first-order chi connectivity index (χ1) is 14.1. The van der Waals surface area contributed by atoms with E-state index in [1.165, 1.54) is 63.4 Å². The monoisotopic (exact) mass is 410 g/mol. The maximum atomic E-state index is 10.4. The van der Waals surface area contributed by atoms with Crippen LogP contribution in [0.15, 0.2) is 35.5 Å². The lowest BCUT2D eigenvalue weighted by Gasteiger charge is -2.57. The topological polar surface area (TPSA) is 20.2 Å². The minimum Gasteiger partial charge on any atom is -0.389 e. The molecule has 0 radical (unpaired) electrons. The molecule has 0 heterocycles. The molecule has 0 aromatic carbocycles. The van der Waals surface area contributed by atoms with E-state index in [4.69, 9.17) is 0 Å². The normalized spacial score (nSPS) is 42.0. The van der Waals surface area contributed by atoms with Crippen LogP contribution in [0, 0.1) is 40.4 Å². The summed E-state index contributed by atoms with van der Waals surface area (Å²) < 4.78 is 0. The summed E-state index contributed by atoms with van der Waals surface area (Å²) in [6.45, 7) is 20.9. The molecule has 4 aliphatic rings. The van der Waals surface area contributed by atoms with E-state index in [1.54, 1.807) is 0 Å². The van der Waals surface area contributed by atoms with Crippen LogP contribution in [0.5, 0.6) is 0 Å². The zero-order chi connectivity index (χ0) is 21.8. The van der Waals surface area contributed by atoms with Crippen molar-refractivity contribution in [2.45, 2.75) is 105 Å². The summed E-state index contributed by atoms with van der Waals surface area (Å²) in [4.78, 5) is 0. The summed E-state index contributed by atoms with van der Waals surface area (Å²) in [6.07, 6.45) is 12.3. The molecule has 0 amide bonds. The first-order valence-corrected chi connectivity index (χ1v) is 12.9. The fourth-order valence-corrected chi connectivity index (χ4v) is 8.38. The van der Waals surface area contributed by atoms with Gasteiger partial charge in [-0.05, 0) is 110 Å². The first-order valence-electron chi connectivity index (χ1n) is 12.9. The van der Waals surface area contributed by atoms with Crippen LogP contribution in [0.4, 0.5) is 0 Å². The highest BCUT2D eigenvalue weighted by Crippen LogP contribution is 2.66. The molecule has 0 aliphatic heterocycles. The summed E-state index contributed by atoms with van der Waals surface area (Å²) >= 11 is 0. The first kappa shape index (κ1) is 22.4. The van der Waals surface area contributed by atoms with Crippen LogP contribution in [-0.2, 0) is 0 Å². The highest BCUT2D eigenvalue weighted by molar-refractivity contribution is 5.36. The van der Waals surface area contributed by atoms with Crippen molar-refractivity contribution in [1.82, 2.24) is 0 Å². The fraction of sp³-hybridized carbons (Fsp3) is 0.793. The van der Waals surface area contributed by atoms with Gasteiger partial charge in [0.1, 0.15) is 0 Å². The molecule has 0 spiro atoms. The van der Waals surface area contributed by atoms with Crippen LogP contribution in [-0.4, -0.2) is 11.2 Å². The fourth-order valence-electron chi connectivity index (χ4n) is 8.38. The average Bonchev–Trinajstić information content (AvgIpc) is 3.06. The van der Waals surface area contributed by atoms with E-state index in [9.17, 15) is 5.11 Å². The zero-order valence-corrected chi connectivity index (χ0v) is 20.4. The molecule has 3 saturated carbocycles. The number of hydrogen-bond acceptors (Lipinski definition) is 1. The van der Waals surface area contributed by atoms with Crippen molar-refractivity contribution >= 4 is 0 Å². The van der Waals surface area contributed by atoms with Gasteiger partial charge in [-0.3, -0.25) is 0 Å². The molecule has 1 nitrogen and oxygen atoms in total. The molecule has 0 aromatic rings. The van der Waals surface area contributed by atoms with Gasteiger partial charge in [0.25, 0.3) is 0 Å². The maximum absolute atomic E-state index is 10.4.